The molecule has 3 heterocycles. The summed E-state index contributed by atoms with van der Waals surface area (Å²) < 4.78 is 36.0. The zero-order chi connectivity index (χ0) is 40.8. The number of nitrogens with zero attached hydrogens (tertiary/aromatic N) is 4. The Labute approximate surface area is 343 Å². The van der Waals surface area contributed by atoms with Gasteiger partial charge in [0.2, 0.25) is 0 Å². The van der Waals surface area contributed by atoms with Crippen molar-refractivity contribution in [2.75, 3.05) is 37.6 Å². The molecule has 1 saturated heterocycles. The minimum absolute atomic E-state index is 0.0104. The number of pyridine rings is 1. The summed E-state index contributed by atoms with van der Waals surface area (Å²) in [5.41, 5.74) is 6.77. The number of nitro benzene ring substituents is 1. The van der Waals surface area contributed by atoms with Crippen molar-refractivity contribution in [3.8, 4) is 11.5 Å². The van der Waals surface area contributed by atoms with Crippen molar-refractivity contribution in [1.29, 1.82) is 0 Å². The molecular formula is C44H47ClN6O6S. The Bertz CT molecular complexity index is 2540. The lowest BCUT2D eigenvalue weighted by molar-refractivity contribution is -0.385. The maximum Gasteiger partial charge on any atom is 0.274 e. The van der Waals surface area contributed by atoms with Crippen LogP contribution in [0.3, 0.4) is 0 Å². The van der Waals surface area contributed by atoms with Gasteiger partial charge in [-0.15, -0.1) is 0 Å². The number of nitrogens with one attached hydrogen (secondary N) is 2. The van der Waals surface area contributed by atoms with Crippen LogP contribution in [0.4, 0.5) is 11.4 Å². The third-order valence-electron chi connectivity index (χ3n) is 11.9. The SMILES string of the molecule is CC[C@H]1Cc2cc(S(=O)(=O)NC(=O)c3ccc(N4CCN(CC5=C(c6ccc(Cl)cc6)CC(C)(C)CC5)CC4)cc3Oc3cnc4[nH]ccc4c3)cc([N+](=O)[O-])c2C1. The van der Waals surface area contributed by atoms with Crippen molar-refractivity contribution in [2.24, 2.45) is 11.3 Å². The van der Waals surface area contributed by atoms with E-state index in [-0.39, 0.29) is 33.2 Å². The molecule has 1 fully saturated rings. The zero-order valence-electron chi connectivity index (χ0n) is 32.9. The second-order valence-electron chi connectivity index (χ2n) is 16.5. The molecule has 8 rings (SSSR count). The number of rotatable bonds is 11. The number of benzene rings is 3. The Kier molecular flexibility index (Phi) is 10.8. The molecule has 12 nitrogen and oxygen atoms in total. The summed E-state index contributed by atoms with van der Waals surface area (Å²) >= 11 is 6.24. The first kappa shape index (κ1) is 39.6. The molecule has 2 N–H and O–H groups in total. The fourth-order valence-electron chi connectivity index (χ4n) is 8.60. The first-order chi connectivity index (χ1) is 27.7. The Balaban J connectivity index is 1.03. The average molecular weight is 823 g/mol. The highest BCUT2D eigenvalue weighted by molar-refractivity contribution is 7.90. The average Bonchev–Trinajstić information content (AvgIpc) is 3.85. The quantitative estimate of drug-likeness (QED) is 0.0983. The number of aromatic nitrogens is 2. The van der Waals surface area contributed by atoms with Crippen molar-refractivity contribution in [3.63, 3.8) is 0 Å². The number of allylic oxidation sites excluding steroid dienone is 1. The number of hydrogen-bond donors (Lipinski definition) is 2. The summed E-state index contributed by atoms with van der Waals surface area (Å²) in [5, 5.41) is 13.6. The Morgan fingerprint density at radius 2 is 1.83 bits per heavy atom. The fraction of sp³-hybridized carbons (Fsp3) is 0.364. The number of hydrogen-bond acceptors (Lipinski definition) is 9. The van der Waals surface area contributed by atoms with Gasteiger partial charge in [0.25, 0.3) is 21.6 Å². The number of piperazine rings is 1. The van der Waals surface area contributed by atoms with E-state index >= 15 is 0 Å². The smallest absolute Gasteiger partial charge is 0.274 e. The number of sulfonamides is 1. The minimum atomic E-state index is -4.50. The number of fused-ring (bicyclic) bond motifs is 2. The highest BCUT2D eigenvalue weighted by Crippen LogP contribution is 2.44. The number of halogens is 1. The van der Waals surface area contributed by atoms with E-state index in [1.54, 1.807) is 30.5 Å². The van der Waals surface area contributed by atoms with Gasteiger partial charge in [0.05, 0.1) is 21.6 Å². The molecule has 0 unspecified atom stereocenters. The molecule has 302 valence electrons. The second-order valence-corrected chi connectivity index (χ2v) is 18.6. The molecule has 0 saturated carbocycles. The van der Waals surface area contributed by atoms with Gasteiger partial charge in [-0.05, 0) is 103 Å². The highest BCUT2D eigenvalue weighted by Gasteiger charge is 2.33. The van der Waals surface area contributed by atoms with Crippen LogP contribution >= 0.6 is 11.6 Å². The molecule has 1 aliphatic heterocycles. The molecule has 1 amide bonds. The van der Waals surface area contributed by atoms with Crippen molar-refractivity contribution in [2.45, 2.75) is 64.2 Å². The highest BCUT2D eigenvalue weighted by atomic mass is 35.5. The van der Waals surface area contributed by atoms with Gasteiger partial charge < -0.3 is 14.6 Å². The second kappa shape index (κ2) is 15.8. The molecular weight excluding hydrogens is 776 g/mol. The Morgan fingerprint density at radius 3 is 2.57 bits per heavy atom. The van der Waals surface area contributed by atoms with Crippen LogP contribution in [0, 0.1) is 21.4 Å². The van der Waals surface area contributed by atoms with E-state index in [0.29, 0.717) is 35.4 Å². The van der Waals surface area contributed by atoms with Crippen LogP contribution in [0.5, 0.6) is 11.5 Å². The first-order valence-electron chi connectivity index (χ1n) is 19.8. The first-order valence-corrected chi connectivity index (χ1v) is 21.7. The summed E-state index contributed by atoms with van der Waals surface area (Å²) in [5.74, 6) is -0.210. The standard InChI is InChI=1S/C44H47ClN6O6S/c1-4-28-19-32-22-36(24-40(51(53)54)38(32)20-28)58(55,56)48-43(52)37-10-9-34(23-41(37)57-35-21-30-12-14-46-42(30)47-26-35)50-17-15-49(16-18-50)27-31-11-13-44(2,3)25-39(31)29-5-7-33(45)8-6-29/h5-10,12,14,21-24,26,28H,4,11,13,15-20,25,27H2,1-3H3,(H,46,47)(H,48,52)/t28-/m0/s1. The van der Waals surface area contributed by atoms with Gasteiger partial charge >= 0.3 is 0 Å². The van der Waals surface area contributed by atoms with Crippen molar-refractivity contribution in [3.05, 3.63) is 122 Å². The molecule has 2 aliphatic carbocycles. The molecule has 0 radical (unpaired) electrons. The van der Waals surface area contributed by atoms with Crippen molar-refractivity contribution in [1.82, 2.24) is 19.6 Å². The maximum absolute atomic E-state index is 13.9. The number of carbonyl (C=O) groups is 1. The van der Waals surface area contributed by atoms with Crippen LogP contribution in [0.2, 0.25) is 5.02 Å². The molecule has 2 aromatic heterocycles. The van der Waals surface area contributed by atoms with Gasteiger partial charge in [0.1, 0.15) is 17.1 Å². The van der Waals surface area contributed by atoms with Crippen LogP contribution in [0.15, 0.2) is 89.6 Å². The molecule has 58 heavy (non-hydrogen) atoms. The van der Waals surface area contributed by atoms with E-state index < -0.39 is 20.9 Å². The predicted molar refractivity (Wildman–Crippen MR) is 226 cm³/mol. The number of amides is 1. The number of aromatic amines is 1. The number of carbonyl (C=O) groups excluding carboxylic acids is 1. The number of anilines is 1. The molecule has 5 aromatic rings. The van der Waals surface area contributed by atoms with Crippen LogP contribution < -0.4 is 14.4 Å². The van der Waals surface area contributed by atoms with Gasteiger partial charge in [-0.2, -0.15) is 0 Å². The molecule has 0 spiro atoms. The fourth-order valence-corrected chi connectivity index (χ4v) is 9.76. The minimum Gasteiger partial charge on any atom is -0.455 e. The number of nitro groups is 1. The predicted octanol–water partition coefficient (Wildman–Crippen LogP) is 8.95. The lowest BCUT2D eigenvalue weighted by Gasteiger charge is -2.39. The van der Waals surface area contributed by atoms with Gasteiger partial charge in [0.15, 0.2) is 0 Å². The summed E-state index contributed by atoms with van der Waals surface area (Å²) in [6.07, 6.45) is 8.39. The van der Waals surface area contributed by atoms with Crippen LogP contribution in [0.1, 0.15) is 73.5 Å². The summed E-state index contributed by atoms with van der Waals surface area (Å²) in [6.45, 7) is 10.7. The third-order valence-corrected chi connectivity index (χ3v) is 13.5. The van der Waals surface area contributed by atoms with E-state index in [1.807, 2.05) is 25.1 Å². The van der Waals surface area contributed by atoms with Crippen molar-refractivity contribution < 1.29 is 22.9 Å². The normalized spacial score (nSPS) is 18.3. The maximum atomic E-state index is 13.9. The van der Waals surface area contributed by atoms with E-state index in [1.165, 1.54) is 29.0 Å². The van der Waals surface area contributed by atoms with Crippen LogP contribution in [-0.2, 0) is 22.9 Å². The summed E-state index contributed by atoms with van der Waals surface area (Å²) in [4.78, 5) is 37.3. The molecule has 1 atom stereocenters. The van der Waals surface area contributed by atoms with E-state index in [9.17, 15) is 23.3 Å². The van der Waals surface area contributed by atoms with E-state index in [2.05, 4.69) is 50.5 Å². The number of ether oxygens (including phenoxy) is 1. The summed E-state index contributed by atoms with van der Waals surface area (Å²) in [7, 11) is -4.50. The zero-order valence-corrected chi connectivity index (χ0v) is 34.5. The van der Waals surface area contributed by atoms with Gasteiger partial charge in [-0.25, -0.2) is 18.1 Å². The van der Waals surface area contributed by atoms with Gasteiger partial charge in [-0.1, -0.05) is 56.5 Å². The third kappa shape index (κ3) is 8.34. The molecule has 14 heteroatoms. The Morgan fingerprint density at radius 1 is 1.05 bits per heavy atom. The summed E-state index contributed by atoms with van der Waals surface area (Å²) in [6, 6.07) is 19.4. The molecule has 3 aromatic carbocycles. The molecule has 0 bridgehead atoms. The largest absolute Gasteiger partial charge is 0.455 e. The Hall–Kier alpha value is -5.24. The lowest BCUT2D eigenvalue weighted by Crippen LogP contribution is -2.47. The lowest BCUT2D eigenvalue weighted by atomic mass is 9.72. The van der Waals surface area contributed by atoms with Gasteiger partial charge in [0, 0.05) is 72.7 Å². The molecule has 3 aliphatic rings. The van der Waals surface area contributed by atoms with E-state index in [4.69, 9.17) is 16.3 Å². The topological polar surface area (TPSA) is 151 Å². The van der Waals surface area contributed by atoms with E-state index in [0.717, 1.165) is 80.6 Å². The van der Waals surface area contributed by atoms with Gasteiger partial charge in [-0.3, -0.25) is 19.8 Å². The van der Waals surface area contributed by atoms with Crippen molar-refractivity contribution >= 4 is 55.5 Å². The van der Waals surface area contributed by atoms with Crippen LogP contribution in [0.25, 0.3) is 16.6 Å². The monoisotopic (exact) mass is 822 g/mol. The number of H-pyrrole nitrogens is 1. The van der Waals surface area contributed by atoms with Crippen LogP contribution in [-0.4, -0.2) is 66.8 Å².